The summed E-state index contributed by atoms with van der Waals surface area (Å²) < 4.78 is 38.7. The first-order chi connectivity index (χ1) is 13.8. The summed E-state index contributed by atoms with van der Waals surface area (Å²) in [5.74, 6) is 0.522. The number of hydrogen-bond donors (Lipinski definition) is 1. The minimum absolute atomic E-state index is 0.0112. The van der Waals surface area contributed by atoms with E-state index in [1.807, 2.05) is 20.8 Å². The van der Waals surface area contributed by atoms with Gasteiger partial charge in [-0.25, -0.2) is 8.42 Å². The predicted molar refractivity (Wildman–Crippen MR) is 111 cm³/mol. The van der Waals surface area contributed by atoms with Crippen molar-refractivity contribution in [3.8, 4) is 5.75 Å². The molecule has 2 aromatic carbocycles. The van der Waals surface area contributed by atoms with Crippen molar-refractivity contribution < 1.29 is 22.7 Å². The third kappa shape index (κ3) is 5.27. The van der Waals surface area contributed by atoms with Crippen LogP contribution in [0.1, 0.15) is 31.1 Å². The molecule has 0 radical (unpaired) electrons. The fourth-order valence-electron chi connectivity index (χ4n) is 3.30. The molecule has 2 atom stereocenters. The van der Waals surface area contributed by atoms with E-state index in [2.05, 4.69) is 4.72 Å². The SMILES string of the molecule is CCOc1ccc(S(=O)(=O)Nc2ccc(C(=O)N3C[C@H](C)O[C@@H](C)C3)cc2)cc1. The minimum atomic E-state index is -3.73. The highest BCUT2D eigenvalue weighted by molar-refractivity contribution is 7.92. The molecule has 1 amide bonds. The summed E-state index contributed by atoms with van der Waals surface area (Å²) in [5.41, 5.74) is 0.898. The highest BCUT2D eigenvalue weighted by Gasteiger charge is 2.26. The van der Waals surface area contributed by atoms with E-state index >= 15 is 0 Å². The molecule has 0 bridgehead atoms. The van der Waals surface area contributed by atoms with Gasteiger partial charge in [0.05, 0.1) is 23.7 Å². The molecule has 1 heterocycles. The lowest BCUT2D eigenvalue weighted by Gasteiger charge is -2.35. The lowest BCUT2D eigenvalue weighted by atomic mass is 10.1. The van der Waals surface area contributed by atoms with Crippen molar-refractivity contribution in [1.82, 2.24) is 4.90 Å². The van der Waals surface area contributed by atoms with Gasteiger partial charge >= 0.3 is 0 Å². The third-order valence-corrected chi connectivity index (χ3v) is 5.93. The van der Waals surface area contributed by atoms with Gasteiger partial charge < -0.3 is 14.4 Å². The van der Waals surface area contributed by atoms with Crippen LogP contribution in [0, 0.1) is 0 Å². The van der Waals surface area contributed by atoms with Crippen LogP contribution in [-0.2, 0) is 14.8 Å². The van der Waals surface area contributed by atoms with Crippen LogP contribution < -0.4 is 9.46 Å². The normalized spacial score (nSPS) is 19.6. The summed E-state index contributed by atoms with van der Waals surface area (Å²) in [6.07, 6.45) is -0.0224. The fraction of sp³-hybridized carbons (Fsp3) is 0.381. The molecular formula is C21H26N2O5S. The second-order valence-electron chi connectivity index (χ2n) is 7.05. The van der Waals surface area contributed by atoms with E-state index in [1.165, 1.54) is 12.1 Å². The van der Waals surface area contributed by atoms with Gasteiger partial charge in [0, 0.05) is 24.3 Å². The summed E-state index contributed by atoms with van der Waals surface area (Å²) in [7, 11) is -3.73. The van der Waals surface area contributed by atoms with Crippen LogP contribution in [-0.4, -0.2) is 51.1 Å². The summed E-state index contributed by atoms with van der Waals surface area (Å²) in [4.78, 5) is 14.6. The minimum Gasteiger partial charge on any atom is -0.494 e. The fourth-order valence-corrected chi connectivity index (χ4v) is 4.36. The van der Waals surface area contributed by atoms with Crippen molar-refractivity contribution in [3.05, 3.63) is 54.1 Å². The summed E-state index contributed by atoms with van der Waals surface area (Å²) >= 11 is 0. The van der Waals surface area contributed by atoms with Crippen molar-refractivity contribution in [2.75, 3.05) is 24.4 Å². The number of carbonyl (C=O) groups is 1. The summed E-state index contributed by atoms with van der Waals surface area (Å²) in [6, 6.07) is 12.7. The average molecular weight is 419 g/mol. The molecule has 156 valence electrons. The molecule has 0 unspecified atom stereocenters. The van der Waals surface area contributed by atoms with Gasteiger partial charge in [0.15, 0.2) is 0 Å². The lowest BCUT2D eigenvalue weighted by molar-refractivity contribution is -0.0586. The Bertz CT molecular complexity index is 932. The molecule has 0 aliphatic carbocycles. The molecule has 1 aliphatic heterocycles. The van der Waals surface area contributed by atoms with Gasteiger partial charge in [0.1, 0.15) is 5.75 Å². The van der Waals surface area contributed by atoms with E-state index in [9.17, 15) is 13.2 Å². The Morgan fingerprint density at radius 2 is 1.66 bits per heavy atom. The Balaban J connectivity index is 1.69. The van der Waals surface area contributed by atoms with Crippen molar-refractivity contribution in [2.24, 2.45) is 0 Å². The quantitative estimate of drug-likeness (QED) is 0.779. The smallest absolute Gasteiger partial charge is 0.261 e. The van der Waals surface area contributed by atoms with Crippen molar-refractivity contribution in [3.63, 3.8) is 0 Å². The van der Waals surface area contributed by atoms with Gasteiger partial charge in [-0.2, -0.15) is 0 Å². The molecule has 1 saturated heterocycles. The topological polar surface area (TPSA) is 84.9 Å². The molecule has 1 fully saturated rings. The molecular weight excluding hydrogens is 392 g/mol. The van der Waals surface area contributed by atoms with E-state index in [0.717, 1.165) is 0 Å². The summed E-state index contributed by atoms with van der Waals surface area (Å²) in [5, 5.41) is 0. The second-order valence-corrected chi connectivity index (χ2v) is 8.74. The molecule has 3 rings (SSSR count). The van der Waals surface area contributed by atoms with E-state index in [0.29, 0.717) is 36.7 Å². The van der Waals surface area contributed by atoms with E-state index in [-0.39, 0.29) is 23.0 Å². The number of ether oxygens (including phenoxy) is 2. The number of amides is 1. The zero-order valence-electron chi connectivity index (χ0n) is 16.8. The molecule has 7 nitrogen and oxygen atoms in total. The number of benzene rings is 2. The Hall–Kier alpha value is -2.58. The highest BCUT2D eigenvalue weighted by atomic mass is 32.2. The monoisotopic (exact) mass is 418 g/mol. The maximum atomic E-state index is 12.7. The summed E-state index contributed by atoms with van der Waals surface area (Å²) in [6.45, 7) is 7.33. The number of anilines is 1. The van der Waals surface area contributed by atoms with Crippen molar-refractivity contribution in [2.45, 2.75) is 37.9 Å². The number of nitrogens with one attached hydrogen (secondary N) is 1. The van der Waals surface area contributed by atoms with Crippen LogP contribution in [0.3, 0.4) is 0 Å². The van der Waals surface area contributed by atoms with Crippen LogP contribution in [0.15, 0.2) is 53.4 Å². The van der Waals surface area contributed by atoms with Gasteiger partial charge in [-0.3, -0.25) is 9.52 Å². The van der Waals surface area contributed by atoms with Gasteiger partial charge in [-0.1, -0.05) is 0 Å². The first-order valence-corrected chi connectivity index (χ1v) is 11.1. The van der Waals surface area contributed by atoms with Gasteiger partial charge in [0.2, 0.25) is 0 Å². The molecule has 0 saturated carbocycles. The number of hydrogen-bond acceptors (Lipinski definition) is 5. The highest BCUT2D eigenvalue weighted by Crippen LogP contribution is 2.21. The number of carbonyl (C=O) groups excluding carboxylic acids is 1. The van der Waals surface area contributed by atoms with Crippen LogP contribution in [0.5, 0.6) is 5.75 Å². The molecule has 8 heteroatoms. The van der Waals surface area contributed by atoms with Crippen molar-refractivity contribution in [1.29, 1.82) is 0 Å². The first-order valence-electron chi connectivity index (χ1n) is 9.59. The Morgan fingerprint density at radius 3 is 2.21 bits per heavy atom. The first kappa shape index (κ1) is 21.1. The zero-order chi connectivity index (χ0) is 21.0. The predicted octanol–water partition coefficient (Wildman–Crippen LogP) is 3.14. The molecule has 0 spiro atoms. The molecule has 1 N–H and O–H groups in total. The van der Waals surface area contributed by atoms with Gasteiger partial charge in [0.25, 0.3) is 15.9 Å². The molecule has 29 heavy (non-hydrogen) atoms. The maximum Gasteiger partial charge on any atom is 0.261 e. The average Bonchev–Trinajstić information content (AvgIpc) is 2.68. The Labute approximate surface area is 171 Å². The largest absolute Gasteiger partial charge is 0.494 e. The van der Waals surface area contributed by atoms with E-state index in [4.69, 9.17) is 9.47 Å². The number of rotatable bonds is 6. The number of morpholine rings is 1. The molecule has 2 aromatic rings. The van der Waals surface area contributed by atoms with Crippen LogP contribution >= 0.6 is 0 Å². The third-order valence-electron chi connectivity index (χ3n) is 4.54. The Morgan fingerprint density at radius 1 is 1.07 bits per heavy atom. The maximum absolute atomic E-state index is 12.7. The standard InChI is InChI=1S/C21H26N2O5S/c1-4-27-19-9-11-20(12-10-19)29(25,26)22-18-7-5-17(6-8-18)21(24)23-13-15(2)28-16(3)14-23/h5-12,15-16,22H,4,13-14H2,1-3H3/t15-,16-/m0/s1. The molecule has 1 aliphatic rings. The number of sulfonamides is 1. The van der Waals surface area contributed by atoms with Gasteiger partial charge in [-0.05, 0) is 69.3 Å². The van der Waals surface area contributed by atoms with Crippen molar-refractivity contribution >= 4 is 21.6 Å². The van der Waals surface area contributed by atoms with Crippen LogP contribution in [0.4, 0.5) is 5.69 Å². The molecule has 0 aromatic heterocycles. The lowest BCUT2D eigenvalue weighted by Crippen LogP contribution is -2.48. The van der Waals surface area contributed by atoms with E-state index < -0.39 is 10.0 Å². The van der Waals surface area contributed by atoms with Crippen LogP contribution in [0.2, 0.25) is 0 Å². The van der Waals surface area contributed by atoms with Gasteiger partial charge in [-0.15, -0.1) is 0 Å². The zero-order valence-corrected chi connectivity index (χ0v) is 17.6. The van der Waals surface area contributed by atoms with E-state index in [1.54, 1.807) is 41.3 Å². The van der Waals surface area contributed by atoms with Crippen LogP contribution in [0.25, 0.3) is 0 Å². The number of nitrogens with zero attached hydrogens (tertiary/aromatic N) is 1. The Kier molecular flexibility index (Phi) is 6.44. The second kappa shape index (κ2) is 8.84.